The van der Waals surface area contributed by atoms with Gasteiger partial charge in [0, 0.05) is 13.1 Å². The number of hydrogen-bond acceptors (Lipinski definition) is 6. The summed E-state index contributed by atoms with van der Waals surface area (Å²) in [5.41, 5.74) is 2.53. The van der Waals surface area contributed by atoms with Crippen LogP contribution in [0, 0.1) is 28.0 Å². The molecular formula is C25H35N6O5. The number of nitrogens with zero attached hydrogens (tertiary/aromatic N) is 1. The first-order chi connectivity index (χ1) is 17.1. The van der Waals surface area contributed by atoms with Crippen LogP contribution in [-0.4, -0.2) is 42.5 Å². The predicted octanol–water partition coefficient (Wildman–Crippen LogP) is 2.85. The van der Waals surface area contributed by atoms with Crippen LogP contribution in [0.5, 0.6) is 5.75 Å². The Morgan fingerprint density at radius 1 is 1.11 bits per heavy atom. The molecule has 0 aliphatic rings. The Labute approximate surface area is 211 Å². The lowest BCUT2D eigenvalue weighted by Gasteiger charge is -2.21. The van der Waals surface area contributed by atoms with Crippen LogP contribution in [0.15, 0.2) is 36.4 Å². The van der Waals surface area contributed by atoms with Crippen molar-refractivity contribution in [2.24, 2.45) is 5.92 Å². The second kappa shape index (κ2) is 13.9. The van der Waals surface area contributed by atoms with Crippen molar-refractivity contribution in [1.29, 1.82) is 5.41 Å². The van der Waals surface area contributed by atoms with Gasteiger partial charge in [-0.3, -0.25) is 15.0 Å². The van der Waals surface area contributed by atoms with Gasteiger partial charge in [-0.2, -0.15) is 0 Å². The third-order valence-electron chi connectivity index (χ3n) is 5.61. The van der Waals surface area contributed by atoms with E-state index in [2.05, 4.69) is 16.0 Å². The number of hydrogen-bond donors (Lipinski definition) is 5. The fourth-order valence-electron chi connectivity index (χ4n) is 3.50. The Morgan fingerprint density at radius 2 is 1.81 bits per heavy atom. The van der Waals surface area contributed by atoms with E-state index < -0.39 is 23.0 Å². The summed E-state index contributed by atoms with van der Waals surface area (Å²) < 4.78 is 5.26. The number of fused-ring (bicyclic) bond motifs is 1. The predicted molar refractivity (Wildman–Crippen MR) is 138 cm³/mol. The van der Waals surface area contributed by atoms with Crippen LogP contribution in [-0.2, 0) is 9.59 Å². The summed E-state index contributed by atoms with van der Waals surface area (Å²) in [6.45, 7) is 7.75. The van der Waals surface area contributed by atoms with E-state index in [-0.39, 0.29) is 24.8 Å². The van der Waals surface area contributed by atoms with E-state index in [1.54, 1.807) is 26.0 Å². The molecule has 2 amide bonds. The number of guanidine groups is 1. The fraction of sp³-hybridized carbons (Fsp3) is 0.440. The maximum absolute atomic E-state index is 13.1. The van der Waals surface area contributed by atoms with Gasteiger partial charge in [0.2, 0.25) is 11.8 Å². The normalized spacial score (nSPS) is 12.5. The number of rotatable bonds is 13. The molecule has 2 rings (SSSR count). The topological polar surface area (TPSA) is 158 Å². The zero-order valence-corrected chi connectivity index (χ0v) is 21.1. The van der Waals surface area contributed by atoms with Crippen molar-refractivity contribution in [2.45, 2.75) is 52.0 Å². The third kappa shape index (κ3) is 9.05. The van der Waals surface area contributed by atoms with Gasteiger partial charge in [0.25, 0.3) is 5.96 Å². The maximum Gasteiger partial charge on any atom is 0.251 e. The average molecular weight is 500 g/mol. The summed E-state index contributed by atoms with van der Waals surface area (Å²) in [4.78, 5) is 36.3. The van der Waals surface area contributed by atoms with Gasteiger partial charge in [-0.05, 0) is 60.6 Å². The van der Waals surface area contributed by atoms with Crippen molar-refractivity contribution in [3.8, 4) is 5.75 Å². The average Bonchev–Trinajstić information content (AvgIpc) is 2.83. The Morgan fingerprint density at radius 3 is 2.47 bits per heavy atom. The van der Waals surface area contributed by atoms with Crippen LogP contribution >= 0.6 is 0 Å². The van der Waals surface area contributed by atoms with Crippen molar-refractivity contribution < 1.29 is 19.4 Å². The summed E-state index contributed by atoms with van der Waals surface area (Å²) in [5.74, 6) is -0.443. The van der Waals surface area contributed by atoms with Crippen LogP contribution in [0.4, 0.5) is 0 Å². The molecular weight excluding hydrogens is 464 g/mol. The molecule has 0 fully saturated rings. The van der Waals surface area contributed by atoms with E-state index in [1.165, 1.54) is 0 Å². The highest BCUT2D eigenvalue weighted by molar-refractivity contribution is 5.92. The maximum atomic E-state index is 13.1. The quantitative estimate of drug-likeness (QED) is 0.0932. The summed E-state index contributed by atoms with van der Waals surface area (Å²) >= 11 is 0. The standard InChI is InChI=1S/C25H35N6O5/c1-16(2)11-13-27-24(33)22(6-5-12-28-25(26)30-31(34)35)29-23(32)17(3)18-7-8-20-15-21(36-4)10-9-19(20)14-18/h7-10,13-17,22H,5-6,11-12H2,1-4H3,(H,27,33)(H,29,32)(H3,26,28,30)/t17-,22-/m0/s1. The van der Waals surface area contributed by atoms with Gasteiger partial charge in [0.1, 0.15) is 11.8 Å². The lowest BCUT2D eigenvalue weighted by molar-refractivity contribution is -0.525. The molecule has 1 radical (unpaired) electrons. The molecule has 0 aliphatic carbocycles. The van der Waals surface area contributed by atoms with E-state index in [0.29, 0.717) is 18.8 Å². The lowest BCUT2D eigenvalue weighted by atomic mass is 9.96. The van der Waals surface area contributed by atoms with Gasteiger partial charge in [0.15, 0.2) is 5.03 Å². The van der Waals surface area contributed by atoms with Crippen molar-refractivity contribution in [1.82, 2.24) is 21.4 Å². The first kappa shape index (κ1) is 28.3. The van der Waals surface area contributed by atoms with Gasteiger partial charge in [0.05, 0.1) is 13.0 Å². The second-order valence-corrected chi connectivity index (χ2v) is 8.91. The molecule has 0 spiro atoms. The largest absolute Gasteiger partial charge is 0.497 e. The van der Waals surface area contributed by atoms with E-state index in [9.17, 15) is 19.7 Å². The number of methoxy groups -OCH3 is 1. The van der Waals surface area contributed by atoms with E-state index in [4.69, 9.17) is 10.1 Å². The van der Waals surface area contributed by atoms with Gasteiger partial charge in [-0.25, -0.2) is 10.1 Å². The number of nitrogens with one attached hydrogen (secondary N) is 5. The molecule has 0 heterocycles. The number of amides is 2. The minimum atomic E-state index is -0.832. The Balaban J connectivity index is 2.04. The van der Waals surface area contributed by atoms with Gasteiger partial charge >= 0.3 is 0 Å². The van der Waals surface area contributed by atoms with Crippen molar-refractivity contribution >= 4 is 28.5 Å². The van der Waals surface area contributed by atoms with Crippen LogP contribution in [0.1, 0.15) is 51.5 Å². The molecule has 2 aromatic rings. The van der Waals surface area contributed by atoms with Crippen LogP contribution in [0.2, 0.25) is 0 Å². The summed E-state index contributed by atoms with van der Waals surface area (Å²) in [6.07, 6.45) is 1.38. The monoisotopic (exact) mass is 499 g/mol. The van der Waals surface area contributed by atoms with Crippen LogP contribution < -0.4 is 26.1 Å². The van der Waals surface area contributed by atoms with E-state index in [1.807, 2.05) is 50.2 Å². The second-order valence-electron chi connectivity index (χ2n) is 8.91. The molecule has 2 aromatic carbocycles. The highest BCUT2D eigenvalue weighted by atomic mass is 16.7. The minimum Gasteiger partial charge on any atom is -0.497 e. The van der Waals surface area contributed by atoms with Gasteiger partial charge < -0.3 is 20.7 Å². The zero-order chi connectivity index (χ0) is 26.7. The Hall–Kier alpha value is -3.89. The van der Waals surface area contributed by atoms with Crippen molar-refractivity contribution in [2.75, 3.05) is 13.7 Å². The first-order valence-electron chi connectivity index (χ1n) is 11.8. The molecule has 0 aromatic heterocycles. The summed E-state index contributed by atoms with van der Waals surface area (Å²) in [7, 11) is 1.61. The summed E-state index contributed by atoms with van der Waals surface area (Å²) in [6, 6.07) is 10.7. The van der Waals surface area contributed by atoms with Gasteiger partial charge in [-0.15, -0.1) is 0 Å². The molecule has 2 atom stereocenters. The van der Waals surface area contributed by atoms with E-state index in [0.717, 1.165) is 22.1 Å². The molecule has 0 saturated carbocycles. The number of nitro groups is 1. The molecule has 195 valence electrons. The lowest BCUT2D eigenvalue weighted by Crippen LogP contribution is -2.47. The zero-order valence-electron chi connectivity index (χ0n) is 21.1. The number of hydrazine groups is 1. The smallest absolute Gasteiger partial charge is 0.251 e. The number of benzene rings is 2. The highest BCUT2D eigenvalue weighted by Gasteiger charge is 2.24. The summed E-state index contributed by atoms with van der Waals surface area (Å²) in [5, 5.41) is 27.1. The SMILES string of the molecule is COc1ccc2cc([C@H](C)C(=O)N[C@@H](CCCNC(=N)N[N+](=O)[O-])C(=O)N[CH]CC(C)C)ccc2c1. The Kier molecular flexibility index (Phi) is 10.9. The molecule has 0 unspecified atom stereocenters. The first-order valence-corrected chi connectivity index (χ1v) is 11.8. The molecule has 11 nitrogen and oxygen atoms in total. The minimum absolute atomic E-state index is 0.221. The van der Waals surface area contributed by atoms with Crippen molar-refractivity contribution in [3.05, 3.63) is 58.6 Å². The fourth-order valence-corrected chi connectivity index (χ4v) is 3.50. The van der Waals surface area contributed by atoms with Crippen LogP contribution in [0.3, 0.4) is 0 Å². The molecule has 0 bridgehead atoms. The highest BCUT2D eigenvalue weighted by Crippen LogP contribution is 2.25. The number of carbonyl (C=O) groups excluding carboxylic acids is 2. The molecule has 0 aliphatic heterocycles. The third-order valence-corrected chi connectivity index (χ3v) is 5.61. The molecule has 36 heavy (non-hydrogen) atoms. The van der Waals surface area contributed by atoms with Crippen LogP contribution in [0.25, 0.3) is 10.8 Å². The Bertz CT molecular complexity index is 1070. The van der Waals surface area contributed by atoms with Crippen molar-refractivity contribution in [3.63, 3.8) is 0 Å². The molecule has 11 heteroatoms. The molecule has 0 saturated heterocycles. The molecule has 5 N–H and O–H groups in total. The van der Waals surface area contributed by atoms with Gasteiger partial charge in [-0.1, -0.05) is 43.5 Å². The number of ether oxygens (including phenoxy) is 1. The van der Waals surface area contributed by atoms with E-state index >= 15 is 0 Å². The number of carbonyl (C=O) groups is 2.